The number of hydrogen-bond acceptors (Lipinski definition) is 5. The van der Waals surface area contributed by atoms with E-state index < -0.39 is 21.7 Å². The van der Waals surface area contributed by atoms with Gasteiger partial charge in [-0.2, -0.15) is 4.98 Å². The number of nitrogens with two attached hydrogens (primary N) is 1. The molecule has 2 unspecified atom stereocenters. The van der Waals surface area contributed by atoms with E-state index in [9.17, 15) is 17.2 Å². The summed E-state index contributed by atoms with van der Waals surface area (Å²) in [5.41, 5.74) is 0.668. The highest BCUT2D eigenvalue weighted by molar-refractivity contribution is 7.89. The van der Waals surface area contributed by atoms with Gasteiger partial charge in [0, 0.05) is 17.4 Å². The highest BCUT2D eigenvalue weighted by Gasteiger charge is 2.55. The predicted molar refractivity (Wildman–Crippen MR) is 92.2 cm³/mol. The average Bonchev–Trinajstić information content (AvgIpc) is 3.08. The van der Waals surface area contributed by atoms with E-state index >= 15 is 0 Å². The molecule has 2 N–H and O–H groups in total. The molecule has 1 aromatic heterocycles. The van der Waals surface area contributed by atoms with Crippen LogP contribution in [0.1, 0.15) is 30.7 Å². The molecule has 0 bridgehead atoms. The third-order valence-electron chi connectivity index (χ3n) is 4.99. The molecule has 4 rings (SSSR count). The monoisotopic (exact) mass is 391 g/mol. The van der Waals surface area contributed by atoms with E-state index in [4.69, 9.17) is 9.66 Å². The zero-order valence-electron chi connectivity index (χ0n) is 14.2. The van der Waals surface area contributed by atoms with Crippen molar-refractivity contribution >= 4 is 10.0 Å². The molecule has 0 spiro atoms. The van der Waals surface area contributed by atoms with Crippen LogP contribution in [-0.4, -0.2) is 18.6 Å². The fourth-order valence-corrected chi connectivity index (χ4v) is 3.74. The minimum atomic E-state index is -3.75. The summed E-state index contributed by atoms with van der Waals surface area (Å²) in [4.78, 5) is 4.30. The van der Waals surface area contributed by atoms with Crippen molar-refractivity contribution < 1.29 is 21.7 Å². The Balaban J connectivity index is 1.59. The highest BCUT2D eigenvalue weighted by atomic mass is 32.2. The first-order chi connectivity index (χ1) is 12.7. The maximum Gasteiger partial charge on any atom is 0.238 e. The van der Waals surface area contributed by atoms with Crippen LogP contribution in [0.3, 0.4) is 0 Å². The SMILES string of the molecule is CC1(c2ccc(S(N)(=O)=O)cc2)CC1c1nc(-c2ccc(F)cc2F)no1. The molecule has 0 aliphatic heterocycles. The van der Waals surface area contributed by atoms with Gasteiger partial charge in [0.25, 0.3) is 0 Å². The summed E-state index contributed by atoms with van der Waals surface area (Å²) >= 11 is 0. The van der Waals surface area contributed by atoms with E-state index in [-0.39, 0.29) is 27.6 Å². The lowest BCUT2D eigenvalue weighted by molar-refractivity contribution is 0.373. The summed E-state index contributed by atoms with van der Waals surface area (Å²) in [6.45, 7) is 1.99. The molecule has 3 aromatic rings. The van der Waals surface area contributed by atoms with Crippen molar-refractivity contribution in [2.45, 2.75) is 29.6 Å². The van der Waals surface area contributed by atoms with Gasteiger partial charge in [0.05, 0.1) is 10.5 Å². The smallest absolute Gasteiger partial charge is 0.238 e. The van der Waals surface area contributed by atoms with Gasteiger partial charge < -0.3 is 4.52 Å². The number of hydrogen-bond donors (Lipinski definition) is 1. The number of nitrogens with zero attached hydrogens (tertiary/aromatic N) is 2. The van der Waals surface area contributed by atoms with Crippen LogP contribution < -0.4 is 5.14 Å². The summed E-state index contributed by atoms with van der Waals surface area (Å²) in [6, 6.07) is 9.48. The fraction of sp³-hybridized carbons (Fsp3) is 0.222. The molecule has 9 heteroatoms. The van der Waals surface area contributed by atoms with Gasteiger partial charge in [0.15, 0.2) is 0 Å². The molecule has 1 aliphatic rings. The lowest BCUT2D eigenvalue weighted by Gasteiger charge is -2.10. The lowest BCUT2D eigenvalue weighted by atomic mass is 9.95. The predicted octanol–water partition coefficient (Wildman–Crippen LogP) is 3.11. The zero-order chi connectivity index (χ0) is 19.4. The van der Waals surface area contributed by atoms with Crippen LogP contribution in [0.25, 0.3) is 11.4 Å². The largest absolute Gasteiger partial charge is 0.339 e. The summed E-state index contributed by atoms with van der Waals surface area (Å²) in [7, 11) is -3.75. The molecule has 0 amide bonds. The molecule has 0 saturated heterocycles. The number of benzene rings is 2. The Bertz CT molecular complexity index is 1130. The molecule has 140 valence electrons. The van der Waals surface area contributed by atoms with Crippen molar-refractivity contribution in [2.24, 2.45) is 5.14 Å². The van der Waals surface area contributed by atoms with Gasteiger partial charge in [-0.3, -0.25) is 0 Å². The molecule has 2 atom stereocenters. The first-order valence-electron chi connectivity index (χ1n) is 8.11. The Hall–Kier alpha value is -2.65. The fourth-order valence-electron chi connectivity index (χ4n) is 3.23. The van der Waals surface area contributed by atoms with Gasteiger partial charge in [-0.05, 0) is 36.2 Å². The van der Waals surface area contributed by atoms with E-state index in [0.29, 0.717) is 5.89 Å². The summed E-state index contributed by atoms with van der Waals surface area (Å²) in [5, 5.41) is 8.91. The summed E-state index contributed by atoms with van der Waals surface area (Å²) < 4.78 is 55.0. The Morgan fingerprint density at radius 3 is 2.52 bits per heavy atom. The first-order valence-corrected chi connectivity index (χ1v) is 9.65. The van der Waals surface area contributed by atoms with Crippen LogP contribution in [0.2, 0.25) is 0 Å². The third kappa shape index (κ3) is 3.13. The average molecular weight is 391 g/mol. The number of aromatic nitrogens is 2. The maximum absolute atomic E-state index is 13.9. The van der Waals surface area contributed by atoms with Gasteiger partial charge in [-0.1, -0.05) is 24.2 Å². The van der Waals surface area contributed by atoms with Gasteiger partial charge in [-0.25, -0.2) is 22.3 Å². The molecular formula is C18H15F2N3O3S. The summed E-state index contributed by atoms with van der Waals surface area (Å²) in [6.07, 6.45) is 0.718. The van der Waals surface area contributed by atoms with Crippen molar-refractivity contribution in [3.8, 4) is 11.4 Å². The second-order valence-corrected chi connectivity index (χ2v) is 8.39. The Morgan fingerprint density at radius 2 is 1.89 bits per heavy atom. The number of primary sulfonamides is 1. The Labute approximate surface area is 154 Å². The van der Waals surface area contributed by atoms with E-state index in [1.807, 2.05) is 6.92 Å². The molecule has 1 saturated carbocycles. The van der Waals surface area contributed by atoms with Crippen LogP contribution in [0.4, 0.5) is 8.78 Å². The van der Waals surface area contributed by atoms with Crippen LogP contribution in [0.15, 0.2) is 51.9 Å². The second kappa shape index (κ2) is 5.93. The molecule has 2 aromatic carbocycles. The molecule has 1 heterocycles. The van der Waals surface area contributed by atoms with Gasteiger partial charge in [0.1, 0.15) is 11.6 Å². The van der Waals surface area contributed by atoms with Crippen LogP contribution in [0.5, 0.6) is 0 Å². The van der Waals surface area contributed by atoms with E-state index in [0.717, 1.165) is 24.1 Å². The van der Waals surface area contributed by atoms with Crippen molar-refractivity contribution in [3.63, 3.8) is 0 Å². The van der Waals surface area contributed by atoms with Gasteiger partial charge in [-0.15, -0.1) is 0 Å². The Morgan fingerprint density at radius 1 is 1.19 bits per heavy atom. The minimum Gasteiger partial charge on any atom is -0.339 e. The van der Waals surface area contributed by atoms with E-state index in [1.165, 1.54) is 18.2 Å². The van der Waals surface area contributed by atoms with Crippen molar-refractivity contribution in [1.29, 1.82) is 0 Å². The molecule has 27 heavy (non-hydrogen) atoms. The van der Waals surface area contributed by atoms with Crippen molar-refractivity contribution in [3.05, 3.63) is 65.6 Å². The van der Waals surface area contributed by atoms with E-state index in [1.54, 1.807) is 12.1 Å². The second-order valence-electron chi connectivity index (χ2n) is 6.82. The topological polar surface area (TPSA) is 99.1 Å². The number of sulfonamides is 1. The van der Waals surface area contributed by atoms with Crippen LogP contribution >= 0.6 is 0 Å². The van der Waals surface area contributed by atoms with Gasteiger partial charge >= 0.3 is 0 Å². The minimum absolute atomic E-state index is 0.0407. The number of rotatable bonds is 4. The first kappa shape index (κ1) is 17.7. The maximum atomic E-state index is 13.9. The standard InChI is InChI=1S/C18H15F2N3O3S/c1-18(10-2-5-12(6-3-10)27(21,24)25)9-14(18)17-22-16(23-26-17)13-7-4-11(19)8-15(13)20/h2-8,14H,9H2,1H3,(H2,21,24,25). The number of halogens is 2. The van der Waals surface area contributed by atoms with Crippen molar-refractivity contribution in [1.82, 2.24) is 10.1 Å². The molecule has 0 radical (unpaired) electrons. The molecule has 1 fully saturated rings. The molecule has 6 nitrogen and oxygen atoms in total. The quantitative estimate of drug-likeness (QED) is 0.737. The normalized spacial score (nSPS) is 22.0. The lowest BCUT2D eigenvalue weighted by Crippen LogP contribution is -2.12. The van der Waals surface area contributed by atoms with Gasteiger partial charge in [0.2, 0.25) is 21.7 Å². The summed E-state index contributed by atoms with van der Waals surface area (Å²) in [5.74, 6) is -1.12. The molecule has 1 aliphatic carbocycles. The van der Waals surface area contributed by atoms with Crippen LogP contribution in [-0.2, 0) is 15.4 Å². The molecular weight excluding hydrogens is 376 g/mol. The Kier molecular flexibility index (Phi) is 3.90. The zero-order valence-corrected chi connectivity index (χ0v) is 15.0. The third-order valence-corrected chi connectivity index (χ3v) is 5.92. The van der Waals surface area contributed by atoms with Crippen molar-refractivity contribution in [2.75, 3.05) is 0 Å². The highest BCUT2D eigenvalue weighted by Crippen LogP contribution is 2.59. The van der Waals surface area contributed by atoms with E-state index in [2.05, 4.69) is 10.1 Å². The van der Waals surface area contributed by atoms with Crippen LogP contribution in [0, 0.1) is 11.6 Å².